The van der Waals surface area contributed by atoms with Crippen molar-refractivity contribution in [1.29, 1.82) is 0 Å². The second kappa shape index (κ2) is 1.34. The molecule has 2 heterocycles. The second-order valence-electron chi connectivity index (χ2n) is 1.91. The lowest BCUT2D eigenvalue weighted by Gasteiger charge is -1.83. The lowest BCUT2D eigenvalue weighted by molar-refractivity contribution is -0.115. The minimum atomic E-state index is -0.0221. The van der Waals surface area contributed by atoms with E-state index in [2.05, 4.69) is 15.0 Å². The summed E-state index contributed by atoms with van der Waals surface area (Å²) in [7, 11) is 0. The quantitative estimate of drug-likeness (QED) is 0.536. The number of carbonyl (C=O) groups is 1. The van der Waals surface area contributed by atoms with Gasteiger partial charge in [-0.25, -0.2) is 0 Å². The van der Waals surface area contributed by atoms with Crippen LogP contribution in [-0.2, 0) is 11.2 Å². The summed E-state index contributed by atoms with van der Waals surface area (Å²) in [4.78, 5) is 10.6. The first kappa shape index (κ1) is 4.55. The molecular formula is C5H4N2O2. The maximum absolute atomic E-state index is 10.6. The molecule has 4 nitrogen and oxygen atoms in total. The summed E-state index contributed by atoms with van der Waals surface area (Å²) < 4.78 is 4.66. The van der Waals surface area contributed by atoms with Crippen LogP contribution in [0.3, 0.4) is 0 Å². The van der Waals surface area contributed by atoms with Crippen molar-refractivity contribution < 1.29 is 9.32 Å². The van der Waals surface area contributed by atoms with E-state index in [1.165, 1.54) is 0 Å². The molecule has 0 bridgehead atoms. The van der Waals surface area contributed by atoms with Crippen molar-refractivity contribution in [3.8, 4) is 0 Å². The van der Waals surface area contributed by atoms with Gasteiger partial charge in [0.2, 0.25) is 11.8 Å². The number of carbonyl (C=O) groups excluding carboxylic acids is 1. The summed E-state index contributed by atoms with van der Waals surface area (Å²) >= 11 is 0. The zero-order valence-electron chi connectivity index (χ0n) is 4.55. The molecule has 1 N–H and O–H groups in total. The lowest BCUT2D eigenvalue weighted by Crippen LogP contribution is -2.04. The maximum Gasteiger partial charge on any atom is 0.234 e. The molecule has 1 aromatic rings. The molecule has 0 unspecified atom stereocenters. The topological polar surface area (TPSA) is 55.1 Å². The summed E-state index contributed by atoms with van der Waals surface area (Å²) in [6.07, 6.45) is 1.95. The molecule has 0 atom stereocenters. The van der Waals surface area contributed by atoms with E-state index in [1.54, 1.807) is 6.20 Å². The van der Waals surface area contributed by atoms with E-state index in [0.29, 0.717) is 12.3 Å². The van der Waals surface area contributed by atoms with Crippen LogP contribution < -0.4 is 5.32 Å². The van der Waals surface area contributed by atoms with Gasteiger partial charge in [-0.3, -0.25) is 10.1 Å². The summed E-state index contributed by atoms with van der Waals surface area (Å²) in [6.45, 7) is 0. The highest BCUT2D eigenvalue weighted by Crippen LogP contribution is 2.20. The summed E-state index contributed by atoms with van der Waals surface area (Å²) in [5.74, 6) is 0.478. The predicted octanol–water partition coefficient (Wildman–Crippen LogP) is 0.169. The molecule has 46 valence electrons. The Morgan fingerprint density at radius 2 is 2.67 bits per heavy atom. The first-order chi connectivity index (χ1) is 4.36. The highest BCUT2D eigenvalue weighted by molar-refractivity contribution is 5.97. The van der Waals surface area contributed by atoms with Gasteiger partial charge < -0.3 is 4.52 Å². The van der Waals surface area contributed by atoms with E-state index in [-0.39, 0.29) is 5.91 Å². The lowest BCUT2D eigenvalue weighted by atomic mass is 10.3. The Bertz CT molecular complexity index is 231. The van der Waals surface area contributed by atoms with E-state index >= 15 is 0 Å². The summed E-state index contributed by atoms with van der Waals surface area (Å²) in [5.41, 5.74) is 0.847. The molecule has 0 saturated carbocycles. The standard InChI is InChI=1S/C5H4N2O2/c8-4-1-3-2-6-9-5(3)7-4/h2H,1H2,(H,7,8). The van der Waals surface area contributed by atoms with Crippen LogP contribution in [0.4, 0.5) is 5.88 Å². The van der Waals surface area contributed by atoms with E-state index in [9.17, 15) is 4.79 Å². The van der Waals surface area contributed by atoms with Crippen LogP contribution in [0.1, 0.15) is 5.56 Å². The van der Waals surface area contributed by atoms with Crippen molar-refractivity contribution in [3.05, 3.63) is 11.8 Å². The van der Waals surface area contributed by atoms with Crippen LogP contribution in [0.25, 0.3) is 0 Å². The van der Waals surface area contributed by atoms with Crippen LogP contribution in [0.2, 0.25) is 0 Å². The average molecular weight is 124 g/mol. The molecule has 0 spiro atoms. The SMILES string of the molecule is O=C1Cc2cnoc2N1. The fraction of sp³-hybridized carbons (Fsp3) is 0.200. The molecule has 0 saturated heterocycles. The van der Waals surface area contributed by atoms with Crippen LogP contribution in [0.5, 0.6) is 0 Å². The monoisotopic (exact) mass is 124 g/mol. The van der Waals surface area contributed by atoms with Crippen LogP contribution in [0, 0.1) is 0 Å². The largest absolute Gasteiger partial charge is 0.338 e. The zero-order chi connectivity index (χ0) is 6.27. The highest BCUT2D eigenvalue weighted by Gasteiger charge is 2.20. The molecule has 0 radical (unpaired) electrons. The van der Waals surface area contributed by atoms with Gasteiger partial charge in [0.1, 0.15) is 0 Å². The molecular weight excluding hydrogens is 120 g/mol. The van der Waals surface area contributed by atoms with E-state index < -0.39 is 0 Å². The van der Waals surface area contributed by atoms with Gasteiger partial charge in [0, 0.05) is 5.56 Å². The third-order valence-electron chi connectivity index (χ3n) is 1.25. The fourth-order valence-electron chi connectivity index (χ4n) is 0.833. The van der Waals surface area contributed by atoms with Crippen LogP contribution in [0.15, 0.2) is 10.7 Å². The molecule has 0 fully saturated rings. The van der Waals surface area contributed by atoms with Gasteiger partial charge in [0.15, 0.2) is 0 Å². The molecule has 0 aliphatic carbocycles. The Kier molecular flexibility index (Phi) is 0.677. The zero-order valence-corrected chi connectivity index (χ0v) is 4.55. The normalized spacial score (nSPS) is 15.3. The minimum absolute atomic E-state index is 0.0221. The number of fused-ring (bicyclic) bond motifs is 1. The summed E-state index contributed by atoms with van der Waals surface area (Å²) in [5, 5.41) is 6.00. The molecule has 1 amide bonds. The Morgan fingerprint density at radius 1 is 1.78 bits per heavy atom. The Labute approximate surface area is 50.8 Å². The molecule has 1 aromatic heterocycles. The Hall–Kier alpha value is -1.32. The number of nitrogens with one attached hydrogen (secondary N) is 1. The van der Waals surface area contributed by atoms with Gasteiger partial charge in [0.05, 0.1) is 12.6 Å². The van der Waals surface area contributed by atoms with Gasteiger partial charge in [-0.05, 0) is 0 Å². The van der Waals surface area contributed by atoms with Gasteiger partial charge in [-0.15, -0.1) is 0 Å². The summed E-state index contributed by atoms with van der Waals surface area (Å²) in [6, 6.07) is 0. The highest BCUT2D eigenvalue weighted by atomic mass is 16.5. The molecule has 4 heteroatoms. The number of hydrogen-bond donors (Lipinski definition) is 1. The third-order valence-corrected chi connectivity index (χ3v) is 1.25. The van der Waals surface area contributed by atoms with E-state index in [1.807, 2.05) is 0 Å². The van der Waals surface area contributed by atoms with E-state index in [0.717, 1.165) is 5.56 Å². The maximum atomic E-state index is 10.6. The van der Waals surface area contributed by atoms with Crippen molar-refractivity contribution in [2.24, 2.45) is 0 Å². The first-order valence-corrected chi connectivity index (χ1v) is 2.59. The molecule has 1 aliphatic heterocycles. The second-order valence-corrected chi connectivity index (χ2v) is 1.91. The number of rotatable bonds is 0. The number of aromatic nitrogens is 1. The number of hydrogen-bond acceptors (Lipinski definition) is 3. The predicted molar refractivity (Wildman–Crippen MR) is 28.8 cm³/mol. The Morgan fingerprint density at radius 3 is 3.44 bits per heavy atom. The van der Waals surface area contributed by atoms with Gasteiger partial charge in [0.25, 0.3) is 0 Å². The molecule has 0 aromatic carbocycles. The van der Waals surface area contributed by atoms with Gasteiger partial charge in [-0.1, -0.05) is 5.16 Å². The van der Waals surface area contributed by atoms with Crippen molar-refractivity contribution in [1.82, 2.24) is 5.16 Å². The number of nitrogens with zero attached hydrogens (tertiary/aromatic N) is 1. The molecule has 2 rings (SSSR count). The number of anilines is 1. The van der Waals surface area contributed by atoms with Gasteiger partial charge in [-0.2, -0.15) is 0 Å². The van der Waals surface area contributed by atoms with E-state index in [4.69, 9.17) is 0 Å². The molecule has 9 heavy (non-hydrogen) atoms. The average Bonchev–Trinajstić information content (AvgIpc) is 2.22. The smallest absolute Gasteiger partial charge is 0.234 e. The van der Waals surface area contributed by atoms with Crippen LogP contribution in [-0.4, -0.2) is 11.1 Å². The third kappa shape index (κ3) is 0.526. The molecule has 1 aliphatic rings. The minimum Gasteiger partial charge on any atom is -0.338 e. The number of amides is 1. The van der Waals surface area contributed by atoms with Crippen molar-refractivity contribution >= 4 is 11.8 Å². The fourth-order valence-corrected chi connectivity index (χ4v) is 0.833. The first-order valence-electron chi connectivity index (χ1n) is 2.59. The van der Waals surface area contributed by atoms with Crippen molar-refractivity contribution in [3.63, 3.8) is 0 Å². The van der Waals surface area contributed by atoms with Crippen molar-refractivity contribution in [2.75, 3.05) is 5.32 Å². The van der Waals surface area contributed by atoms with Crippen LogP contribution >= 0.6 is 0 Å². The Balaban J connectivity index is 2.49. The van der Waals surface area contributed by atoms with Gasteiger partial charge >= 0.3 is 0 Å². The van der Waals surface area contributed by atoms with Crippen molar-refractivity contribution in [2.45, 2.75) is 6.42 Å².